The summed E-state index contributed by atoms with van der Waals surface area (Å²) < 4.78 is 10.3. The fourth-order valence-electron chi connectivity index (χ4n) is 2.19. The SMILES string of the molecule is COc1cc2c(cc1OC)C(=O)c1cscc1C2=O. The molecule has 0 N–H and O–H groups in total. The minimum absolute atomic E-state index is 0.146. The van der Waals surface area contributed by atoms with E-state index in [4.69, 9.17) is 9.47 Å². The van der Waals surface area contributed by atoms with Crippen LogP contribution < -0.4 is 9.47 Å². The van der Waals surface area contributed by atoms with Crippen LogP contribution in [0.2, 0.25) is 0 Å². The standard InChI is InChI=1S/C14H10O4S/c1-17-11-3-7-8(4-12(11)18-2)14(16)10-6-19-5-9(10)13(7)15/h3-6H,1-2H3. The minimum atomic E-state index is -0.146. The smallest absolute Gasteiger partial charge is 0.195 e. The third kappa shape index (κ3) is 1.58. The molecule has 0 saturated heterocycles. The molecule has 1 heterocycles. The Hall–Kier alpha value is -2.14. The van der Waals surface area contributed by atoms with Crippen molar-refractivity contribution in [2.75, 3.05) is 14.2 Å². The van der Waals surface area contributed by atoms with Crippen molar-refractivity contribution >= 4 is 22.9 Å². The third-order valence-corrected chi connectivity index (χ3v) is 3.91. The maximum absolute atomic E-state index is 12.3. The highest BCUT2D eigenvalue weighted by atomic mass is 32.1. The number of methoxy groups -OCH3 is 2. The molecule has 0 saturated carbocycles. The fourth-order valence-corrected chi connectivity index (χ4v) is 3.00. The molecule has 2 aromatic rings. The molecule has 3 rings (SSSR count). The van der Waals surface area contributed by atoms with Gasteiger partial charge >= 0.3 is 0 Å². The van der Waals surface area contributed by atoms with E-state index < -0.39 is 0 Å². The Bertz CT molecular complexity index is 642. The van der Waals surface area contributed by atoms with E-state index in [-0.39, 0.29) is 11.6 Å². The van der Waals surface area contributed by atoms with E-state index in [0.717, 1.165) is 0 Å². The van der Waals surface area contributed by atoms with E-state index in [1.165, 1.54) is 25.6 Å². The molecule has 0 aliphatic heterocycles. The Balaban J connectivity index is 2.27. The van der Waals surface area contributed by atoms with Crippen LogP contribution in [0, 0.1) is 0 Å². The van der Waals surface area contributed by atoms with Crippen LogP contribution in [0.15, 0.2) is 22.9 Å². The van der Waals surface area contributed by atoms with Crippen molar-refractivity contribution in [3.63, 3.8) is 0 Å². The van der Waals surface area contributed by atoms with Gasteiger partial charge in [-0.15, -0.1) is 0 Å². The highest BCUT2D eigenvalue weighted by molar-refractivity contribution is 7.08. The lowest BCUT2D eigenvalue weighted by Gasteiger charge is -2.17. The summed E-state index contributed by atoms with van der Waals surface area (Å²) in [6.07, 6.45) is 0. The van der Waals surface area contributed by atoms with Gasteiger partial charge in [0.1, 0.15) is 0 Å². The van der Waals surface area contributed by atoms with Crippen molar-refractivity contribution in [2.24, 2.45) is 0 Å². The predicted molar refractivity (Wildman–Crippen MR) is 70.7 cm³/mol. The largest absolute Gasteiger partial charge is 0.493 e. The lowest BCUT2D eigenvalue weighted by molar-refractivity contribution is 0.0979. The van der Waals surface area contributed by atoms with Crippen LogP contribution in [-0.2, 0) is 0 Å². The molecule has 1 aromatic heterocycles. The van der Waals surface area contributed by atoms with Crippen LogP contribution in [0.25, 0.3) is 0 Å². The molecule has 0 amide bonds. The summed E-state index contributed by atoms with van der Waals surface area (Å²) in [4.78, 5) is 24.7. The molecule has 1 aromatic carbocycles. The van der Waals surface area contributed by atoms with Crippen molar-refractivity contribution < 1.29 is 19.1 Å². The molecule has 1 aliphatic carbocycles. The molecular weight excluding hydrogens is 264 g/mol. The number of fused-ring (bicyclic) bond motifs is 2. The lowest BCUT2D eigenvalue weighted by atomic mass is 9.86. The summed E-state index contributed by atoms with van der Waals surface area (Å²) in [7, 11) is 2.99. The quantitative estimate of drug-likeness (QED) is 0.720. The Kier molecular flexibility index (Phi) is 2.64. The second-order valence-corrected chi connectivity index (χ2v) is 4.85. The summed E-state index contributed by atoms with van der Waals surface area (Å²) in [6, 6.07) is 3.13. The van der Waals surface area contributed by atoms with Gasteiger partial charge < -0.3 is 9.47 Å². The van der Waals surface area contributed by atoms with Crippen LogP contribution in [0.5, 0.6) is 11.5 Å². The molecule has 96 valence electrons. The van der Waals surface area contributed by atoms with E-state index in [1.807, 2.05) is 0 Å². The van der Waals surface area contributed by atoms with Crippen molar-refractivity contribution in [2.45, 2.75) is 0 Å². The zero-order valence-corrected chi connectivity index (χ0v) is 11.2. The fraction of sp³-hybridized carbons (Fsp3) is 0.143. The normalized spacial score (nSPS) is 12.9. The maximum atomic E-state index is 12.3. The monoisotopic (exact) mass is 274 g/mol. The topological polar surface area (TPSA) is 52.6 Å². The van der Waals surface area contributed by atoms with Gasteiger partial charge in [-0.2, -0.15) is 11.3 Å². The van der Waals surface area contributed by atoms with E-state index >= 15 is 0 Å². The minimum Gasteiger partial charge on any atom is -0.493 e. The predicted octanol–water partition coefficient (Wildman–Crippen LogP) is 2.54. The Labute approximate surface area is 113 Å². The zero-order valence-electron chi connectivity index (χ0n) is 10.4. The first kappa shape index (κ1) is 11.9. The maximum Gasteiger partial charge on any atom is 0.195 e. The van der Waals surface area contributed by atoms with Crippen LogP contribution >= 0.6 is 11.3 Å². The Morgan fingerprint density at radius 2 is 1.21 bits per heavy atom. The van der Waals surface area contributed by atoms with Gasteiger partial charge in [0.25, 0.3) is 0 Å². The molecular formula is C14H10O4S. The molecule has 19 heavy (non-hydrogen) atoms. The second-order valence-electron chi connectivity index (χ2n) is 4.11. The number of ketones is 2. The molecule has 1 aliphatic rings. The first-order valence-corrected chi connectivity index (χ1v) is 6.53. The molecule has 0 atom stereocenters. The van der Waals surface area contributed by atoms with E-state index in [1.54, 1.807) is 22.9 Å². The number of ether oxygens (including phenoxy) is 2. The number of carbonyl (C=O) groups excluding carboxylic acids is 2. The van der Waals surface area contributed by atoms with E-state index in [0.29, 0.717) is 33.8 Å². The molecule has 0 fully saturated rings. The summed E-state index contributed by atoms with van der Waals surface area (Å²) in [5, 5.41) is 3.41. The Morgan fingerprint density at radius 3 is 1.58 bits per heavy atom. The lowest BCUT2D eigenvalue weighted by Crippen LogP contribution is -2.19. The van der Waals surface area contributed by atoms with Gasteiger partial charge in [0.15, 0.2) is 23.1 Å². The summed E-state index contributed by atoms with van der Waals surface area (Å²) in [5.74, 6) is 0.598. The average molecular weight is 274 g/mol. The highest BCUT2D eigenvalue weighted by Gasteiger charge is 2.31. The third-order valence-electron chi connectivity index (χ3n) is 3.16. The van der Waals surface area contributed by atoms with Gasteiger partial charge in [0, 0.05) is 33.0 Å². The van der Waals surface area contributed by atoms with Crippen LogP contribution in [0.4, 0.5) is 0 Å². The van der Waals surface area contributed by atoms with Gasteiger partial charge in [-0.05, 0) is 12.1 Å². The van der Waals surface area contributed by atoms with Crippen molar-refractivity contribution in [1.29, 1.82) is 0 Å². The van der Waals surface area contributed by atoms with Crippen LogP contribution in [0.1, 0.15) is 31.8 Å². The average Bonchev–Trinajstić information content (AvgIpc) is 2.93. The van der Waals surface area contributed by atoms with E-state index in [2.05, 4.69) is 0 Å². The van der Waals surface area contributed by atoms with E-state index in [9.17, 15) is 9.59 Å². The number of hydrogen-bond donors (Lipinski definition) is 0. The highest BCUT2D eigenvalue weighted by Crippen LogP contribution is 2.36. The first-order valence-electron chi connectivity index (χ1n) is 5.59. The van der Waals surface area contributed by atoms with Gasteiger partial charge in [-0.25, -0.2) is 0 Å². The molecule has 0 radical (unpaired) electrons. The summed E-state index contributed by atoms with van der Waals surface area (Å²) in [5.41, 5.74) is 1.67. The van der Waals surface area contributed by atoms with Gasteiger partial charge in [-0.3, -0.25) is 9.59 Å². The molecule has 0 unspecified atom stereocenters. The summed E-state index contributed by atoms with van der Waals surface area (Å²) in [6.45, 7) is 0. The first-order chi connectivity index (χ1) is 9.17. The van der Waals surface area contributed by atoms with Crippen LogP contribution in [-0.4, -0.2) is 25.8 Å². The Morgan fingerprint density at radius 1 is 0.789 bits per heavy atom. The van der Waals surface area contributed by atoms with Crippen LogP contribution in [0.3, 0.4) is 0 Å². The number of thiophene rings is 1. The van der Waals surface area contributed by atoms with Crippen molar-refractivity contribution in [1.82, 2.24) is 0 Å². The number of benzene rings is 1. The van der Waals surface area contributed by atoms with Gasteiger partial charge in [0.05, 0.1) is 14.2 Å². The van der Waals surface area contributed by atoms with Crippen molar-refractivity contribution in [3.8, 4) is 11.5 Å². The number of carbonyl (C=O) groups is 2. The number of hydrogen-bond acceptors (Lipinski definition) is 5. The van der Waals surface area contributed by atoms with Gasteiger partial charge in [-0.1, -0.05) is 0 Å². The molecule has 0 spiro atoms. The summed E-state index contributed by atoms with van der Waals surface area (Å²) >= 11 is 1.35. The van der Waals surface area contributed by atoms with Gasteiger partial charge in [0.2, 0.25) is 0 Å². The second kappa shape index (κ2) is 4.20. The van der Waals surface area contributed by atoms with Crippen molar-refractivity contribution in [3.05, 3.63) is 45.1 Å². The molecule has 4 nitrogen and oxygen atoms in total. The number of rotatable bonds is 2. The zero-order chi connectivity index (χ0) is 13.6. The molecule has 5 heteroatoms. The molecule has 0 bridgehead atoms.